The monoisotopic (exact) mass is 444 g/mol. The number of aryl methyl sites for hydroxylation is 1. The summed E-state index contributed by atoms with van der Waals surface area (Å²) in [6, 6.07) is 6.88. The Bertz CT molecular complexity index is 1030. The molecule has 0 bridgehead atoms. The van der Waals surface area contributed by atoms with Gasteiger partial charge in [0.15, 0.2) is 6.10 Å². The zero-order chi connectivity index (χ0) is 22.9. The third-order valence-electron chi connectivity index (χ3n) is 5.80. The van der Waals surface area contributed by atoms with Crippen molar-refractivity contribution in [3.8, 4) is 17.0 Å². The summed E-state index contributed by atoms with van der Waals surface area (Å²) in [7, 11) is 0. The van der Waals surface area contributed by atoms with Gasteiger partial charge < -0.3 is 15.0 Å². The number of nitrogens with zero attached hydrogens (tertiary/aromatic N) is 3. The van der Waals surface area contributed by atoms with E-state index in [4.69, 9.17) is 4.74 Å². The fourth-order valence-electron chi connectivity index (χ4n) is 3.75. The highest BCUT2D eigenvalue weighted by Crippen LogP contribution is 2.34. The zero-order valence-electron chi connectivity index (χ0n) is 18.1. The number of amides is 2. The van der Waals surface area contributed by atoms with Gasteiger partial charge in [0, 0.05) is 36.9 Å². The van der Waals surface area contributed by atoms with Gasteiger partial charge in [-0.1, -0.05) is 6.92 Å². The molecule has 2 aliphatic rings. The maximum absolute atomic E-state index is 14.6. The summed E-state index contributed by atoms with van der Waals surface area (Å²) in [6.45, 7) is 3.07. The second-order valence-corrected chi connectivity index (χ2v) is 8.36. The van der Waals surface area contributed by atoms with E-state index in [9.17, 15) is 18.4 Å². The Morgan fingerprint density at radius 1 is 1.22 bits per heavy atom. The number of carbonyl (C=O) groups excluding carboxylic acids is 2. The molecule has 1 aliphatic carbocycles. The summed E-state index contributed by atoms with van der Waals surface area (Å²) in [5.74, 6) is -2.58. The Hall–Kier alpha value is -3.10. The molecule has 0 radical (unpaired) electrons. The highest BCUT2D eigenvalue weighted by molar-refractivity contribution is 5.93. The number of hydrogen-bond acceptors (Lipinski definition) is 5. The van der Waals surface area contributed by atoms with Gasteiger partial charge in [0.1, 0.15) is 17.9 Å². The van der Waals surface area contributed by atoms with E-state index in [0.29, 0.717) is 22.8 Å². The average molecular weight is 444 g/mol. The number of aromatic nitrogens is 2. The molecule has 32 heavy (non-hydrogen) atoms. The topological polar surface area (TPSA) is 84.4 Å². The van der Waals surface area contributed by atoms with E-state index < -0.39 is 18.6 Å². The van der Waals surface area contributed by atoms with Crippen molar-refractivity contribution in [1.29, 1.82) is 0 Å². The number of alkyl halides is 2. The van der Waals surface area contributed by atoms with Gasteiger partial charge in [0.2, 0.25) is 11.8 Å². The van der Waals surface area contributed by atoms with Crippen LogP contribution in [0.25, 0.3) is 11.3 Å². The van der Waals surface area contributed by atoms with E-state index in [-0.39, 0.29) is 37.1 Å². The summed E-state index contributed by atoms with van der Waals surface area (Å²) in [5, 5.41) is 2.79. The molecule has 9 heteroatoms. The van der Waals surface area contributed by atoms with E-state index in [2.05, 4.69) is 15.3 Å². The summed E-state index contributed by atoms with van der Waals surface area (Å²) >= 11 is 0. The molecule has 2 amide bonds. The Balaban J connectivity index is 1.46. The normalized spacial score (nSPS) is 20.0. The molecule has 7 nitrogen and oxygen atoms in total. The van der Waals surface area contributed by atoms with Crippen LogP contribution in [0, 0.1) is 12.8 Å². The molecule has 0 spiro atoms. The molecule has 2 aromatic rings. The van der Waals surface area contributed by atoms with Crippen molar-refractivity contribution in [1.82, 2.24) is 14.9 Å². The maximum Gasteiger partial charge on any atom is 0.301 e. The molecule has 1 saturated heterocycles. The molecular weight excluding hydrogens is 418 g/mol. The van der Waals surface area contributed by atoms with E-state index in [1.807, 2.05) is 0 Å². The van der Waals surface area contributed by atoms with Crippen molar-refractivity contribution in [3.63, 3.8) is 0 Å². The molecule has 1 aliphatic heterocycles. The van der Waals surface area contributed by atoms with Crippen LogP contribution in [0.5, 0.6) is 5.75 Å². The zero-order valence-corrected chi connectivity index (χ0v) is 18.1. The number of ether oxygens (including phenoxy) is 1. The van der Waals surface area contributed by atoms with Crippen LogP contribution >= 0.6 is 0 Å². The predicted molar refractivity (Wildman–Crippen MR) is 114 cm³/mol. The molecule has 1 atom stereocenters. The van der Waals surface area contributed by atoms with Gasteiger partial charge in [-0.25, -0.2) is 18.7 Å². The lowest BCUT2D eigenvalue weighted by molar-refractivity contribution is -0.159. The number of anilines is 1. The SMILES string of the molecule is CCC(=O)N1CC[C@H](Oc2ccc(-c3cc(NC(=O)C4CC4)ncn3)cc2C)C(F)(F)C1. The lowest BCUT2D eigenvalue weighted by Gasteiger charge is -2.38. The predicted octanol–water partition coefficient (Wildman–Crippen LogP) is 3.83. The number of rotatable bonds is 6. The van der Waals surface area contributed by atoms with Gasteiger partial charge in [-0.15, -0.1) is 0 Å². The van der Waals surface area contributed by atoms with Crippen molar-refractivity contribution < 1.29 is 23.1 Å². The average Bonchev–Trinajstić information content (AvgIpc) is 3.61. The number of benzene rings is 1. The lowest BCUT2D eigenvalue weighted by Crippen LogP contribution is -2.55. The first kappa shape index (κ1) is 22.1. The van der Waals surface area contributed by atoms with Crippen LogP contribution in [0.15, 0.2) is 30.6 Å². The van der Waals surface area contributed by atoms with Gasteiger partial charge in [0.25, 0.3) is 0 Å². The molecule has 170 valence electrons. The van der Waals surface area contributed by atoms with Crippen molar-refractivity contribution in [3.05, 3.63) is 36.2 Å². The van der Waals surface area contributed by atoms with Crippen LogP contribution < -0.4 is 10.1 Å². The molecule has 2 fully saturated rings. The highest BCUT2D eigenvalue weighted by atomic mass is 19.3. The number of likely N-dealkylation sites (tertiary alicyclic amines) is 1. The smallest absolute Gasteiger partial charge is 0.301 e. The van der Waals surface area contributed by atoms with E-state index in [1.54, 1.807) is 38.1 Å². The Kier molecular flexibility index (Phi) is 6.08. The molecular formula is C23H26F2N4O3. The van der Waals surface area contributed by atoms with Gasteiger partial charge in [-0.3, -0.25) is 9.59 Å². The number of piperidine rings is 1. The van der Waals surface area contributed by atoms with Crippen LogP contribution in [0.3, 0.4) is 0 Å². The first-order valence-corrected chi connectivity index (χ1v) is 10.8. The largest absolute Gasteiger partial charge is 0.484 e. The minimum Gasteiger partial charge on any atom is -0.484 e. The van der Waals surface area contributed by atoms with Crippen LogP contribution in [0.1, 0.15) is 38.2 Å². The summed E-state index contributed by atoms with van der Waals surface area (Å²) in [6.07, 6.45) is 2.15. The van der Waals surface area contributed by atoms with Gasteiger partial charge in [-0.2, -0.15) is 0 Å². The van der Waals surface area contributed by atoms with Gasteiger partial charge in [0.05, 0.1) is 12.2 Å². The van der Waals surface area contributed by atoms with Gasteiger partial charge in [-0.05, 0) is 43.5 Å². The third kappa shape index (κ3) is 4.87. The third-order valence-corrected chi connectivity index (χ3v) is 5.80. The van der Waals surface area contributed by atoms with Crippen molar-refractivity contribution in [2.45, 2.75) is 51.6 Å². The van der Waals surface area contributed by atoms with Crippen LogP contribution in [-0.2, 0) is 9.59 Å². The van der Waals surface area contributed by atoms with Crippen molar-refractivity contribution in [2.24, 2.45) is 5.92 Å². The number of nitrogens with one attached hydrogen (secondary N) is 1. The minimum atomic E-state index is -3.13. The minimum absolute atomic E-state index is 0.0396. The second kappa shape index (κ2) is 8.80. The summed E-state index contributed by atoms with van der Waals surface area (Å²) in [5.41, 5.74) is 2.05. The maximum atomic E-state index is 14.6. The quantitative estimate of drug-likeness (QED) is 0.732. The molecule has 1 N–H and O–H groups in total. The Morgan fingerprint density at radius 3 is 2.66 bits per heavy atom. The van der Waals surface area contributed by atoms with Crippen molar-refractivity contribution in [2.75, 3.05) is 18.4 Å². The number of halogens is 2. The fraction of sp³-hybridized carbons (Fsp3) is 0.478. The number of carbonyl (C=O) groups is 2. The molecule has 0 unspecified atom stereocenters. The molecule has 1 aromatic carbocycles. The first-order chi connectivity index (χ1) is 15.3. The van der Waals surface area contributed by atoms with Crippen LogP contribution in [0.2, 0.25) is 0 Å². The van der Waals surface area contributed by atoms with Gasteiger partial charge >= 0.3 is 5.92 Å². The van der Waals surface area contributed by atoms with E-state index >= 15 is 0 Å². The fourth-order valence-corrected chi connectivity index (χ4v) is 3.75. The lowest BCUT2D eigenvalue weighted by atomic mass is 10.0. The van der Waals surface area contributed by atoms with Crippen LogP contribution in [-0.4, -0.2) is 51.8 Å². The van der Waals surface area contributed by atoms with E-state index in [0.717, 1.165) is 18.4 Å². The standard InChI is InChI=1S/C23H26F2N4O3/c1-3-21(30)29-9-8-19(23(24,25)12-29)32-18-7-6-16(10-14(18)2)17-11-20(27-13-26-17)28-22(31)15-4-5-15/h6-7,10-11,13,15,19H,3-5,8-9,12H2,1-2H3,(H,26,27,28,31)/t19-/m0/s1. The molecule has 1 aromatic heterocycles. The van der Waals surface area contributed by atoms with E-state index in [1.165, 1.54) is 11.2 Å². The Morgan fingerprint density at radius 2 is 2.00 bits per heavy atom. The summed E-state index contributed by atoms with van der Waals surface area (Å²) < 4.78 is 34.9. The van der Waals surface area contributed by atoms with Crippen LogP contribution in [0.4, 0.5) is 14.6 Å². The summed E-state index contributed by atoms with van der Waals surface area (Å²) in [4.78, 5) is 33.3. The first-order valence-electron chi connectivity index (χ1n) is 10.8. The molecule has 2 heterocycles. The second-order valence-electron chi connectivity index (χ2n) is 8.36. The van der Waals surface area contributed by atoms with Crippen molar-refractivity contribution >= 4 is 17.6 Å². The highest BCUT2D eigenvalue weighted by Gasteiger charge is 2.47. The number of hydrogen-bond donors (Lipinski definition) is 1. The molecule has 4 rings (SSSR count). The Labute approximate surface area is 185 Å². The molecule has 1 saturated carbocycles.